The zero-order valence-corrected chi connectivity index (χ0v) is 12.3. The molecule has 2 unspecified atom stereocenters. The number of carbonyl (C=O) groups excluding carboxylic acids is 2. The highest BCUT2D eigenvalue weighted by Gasteiger charge is 2.27. The van der Waals surface area contributed by atoms with Gasteiger partial charge in [-0.1, -0.05) is 0 Å². The molecule has 0 radical (unpaired) electrons. The fraction of sp³-hybridized carbons (Fsp3) is 0.571. The van der Waals surface area contributed by atoms with Gasteiger partial charge in [0, 0.05) is 25.8 Å². The Morgan fingerprint density at radius 3 is 2.90 bits per heavy atom. The monoisotopic (exact) mass is 295 g/mol. The molecule has 1 aromatic heterocycles. The molecule has 1 aromatic rings. The Labute approximate surface area is 123 Å². The predicted molar refractivity (Wildman–Crippen MR) is 75.7 cm³/mol. The number of ether oxygens (including phenoxy) is 1. The van der Waals surface area contributed by atoms with Crippen LogP contribution in [0.3, 0.4) is 0 Å². The van der Waals surface area contributed by atoms with E-state index < -0.39 is 5.91 Å². The van der Waals surface area contributed by atoms with Crippen LogP contribution in [0.25, 0.3) is 0 Å². The van der Waals surface area contributed by atoms with E-state index in [1.807, 2.05) is 11.8 Å². The molecule has 0 aromatic carbocycles. The molecule has 0 bridgehead atoms. The van der Waals surface area contributed by atoms with Crippen molar-refractivity contribution in [1.29, 1.82) is 0 Å². The fourth-order valence-corrected chi connectivity index (χ4v) is 2.32. The topological polar surface area (TPSA) is 83.8 Å². The van der Waals surface area contributed by atoms with E-state index in [0.29, 0.717) is 18.8 Å². The van der Waals surface area contributed by atoms with E-state index in [9.17, 15) is 9.59 Å². The Morgan fingerprint density at radius 1 is 1.52 bits per heavy atom. The van der Waals surface area contributed by atoms with Crippen LogP contribution in [-0.2, 0) is 16.6 Å². The summed E-state index contributed by atoms with van der Waals surface area (Å²) in [5.74, 6) is -0.765. The number of amides is 2. The Bertz CT molecular complexity index is 514. The molecule has 2 N–H and O–H groups in total. The minimum atomic E-state index is -0.410. The minimum Gasteiger partial charge on any atom is -0.394 e. The third-order valence-corrected chi connectivity index (χ3v) is 3.61. The van der Waals surface area contributed by atoms with E-state index in [-0.39, 0.29) is 31.2 Å². The van der Waals surface area contributed by atoms with Gasteiger partial charge < -0.3 is 14.4 Å². The zero-order chi connectivity index (χ0) is 15.4. The SMILES string of the molecule is CC1COC(CO)CN1CC(=O)NC(=O)c1cccn1C. The fourth-order valence-electron chi connectivity index (χ4n) is 2.32. The van der Waals surface area contributed by atoms with Crippen LogP contribution in [0.1, 0.15) is 17.4 Å². The number of aliphatic hydroxyl groups is 1. The van der Waals surface area contributed by atoms with Crippen LogP contribution < -0.4 is 5.32 Å². The highest BCUT2D eigenvalue weighted by atomic mass is 16.5. The molecule has 1 aliphatic heterocycles. The molecule has 7 nitrogen and oxygen atoms in total. The largest absolute Gasteiger partial charge is 0.394 e. The molecular formula is C14H21N3O4. The van der Waals surface area contributed by atoms with Gasteiger partial charge in [-0.05, 0) is 19.1 Å². The summed E-state index contributed by atoms with van der Waals surface area (Å²) >= 11 is 0. The van der Waals surface area contributed by atoms with Crippen molar-refractivity contribution < 1.29 is 19.4 Å². The Hall–Kier alpha value is -1.70. The van der Waals surface area contributed by atoms with Crippen LogP contribution in [-0.4, -0.2) is 64.8 Å². The maximum Gasteiger partial charge on any atom is 0.274 e. The minimum absolute atomic E-state index is 0.0729. The maximum atomic E-state index is 12.0. The van der Waals surface area contributed by atoms with Crippen LogP contribution >= 0.6 is 0 Å². The zero-order valence-electron chi connectivity index (χ0n) is 12.3. The lowest BCUT2D eigenvalue weighted by molar-refractivity contribution is -0.126. The summed E-state index contributed by atoms with van der Waals surface area (Å²) in [5, 5.41) is 11.5. The predicted octanol–water partition coefficient (Wildman–Crippen LogP) is -0.637. The number of rotatable bonds is 4. The molecule has 1 aliphatic rings. The number of hydrogen-bond acceptors (Lipinski definition) is 5. The van der Waals surface area contributed by atoms with E-state index in [1.165, 1.54) is 0 Å². The van der Waals surface area contributed by atoms with Gasteiger partial charge in [0.1, 0.15) is 5.69 Å². The normalized spacial score (nSPS) is 23.0. The van der Waals surface area contributed by atoms with Crippen molar-refractivity contribution in [1.82, 2.24) is 14.8 Å². The first-order chi connectivity index (χ1) is 10.0. The number of hydrogen-bond donors (Lipinski definition) is 2. The van der Waals surface area contributed by atoms with Gasteiger partial charge in [0.25, 0.3) is 5.91 Å². The van der Waals surface area contributed by atoms with Gasteiger partial charge in [0.15, 0.2) is 0 Å². The number of aryl methyl sites for hydroxylation is 1. The van der Waals surface area contributed by atoms with E-state index in [0.717, 1.165) is 0 Å². The molecule has 2 amide bonds. The molecule has 116 valence electrons. The summed E-state index contributed by atoms with van der Waals surface area (Å²) in [4.78, 5) is 25.8. The number of morpholine rings is 1. The van der Waals surface area contributed by atoms with Crippen LogP contribution in [0.15, 0.2) is 18.3 Å². The van der Waals surface area contributed by atoms with E-state index in [1.54, 1.807) is 29.9 Å². The van der Waals surface area contributed by atoms with Gasteiger partial charge in [0.2, 0.25) is 5.91 Å². The highest BCUT2D eigenvalue weighted by molar-refractivity contribution is 6.04. The lowest BCUT2D eigenvalue weighted by atomic mass is 10.2. The number of aliphatic hydroxyl groups excluding tert-OH is 1. The van der Waals surface area contributed by atoms with E-state index in [4.69, 9.17) is 9.84 Å². The number of imide groups is 1. The summed E-state index contributed by atoms with van der Waals surface area (Å²) in [6.07, 6.45) is 1.47. The average Bonchev–Trinajstić information content (AvgIpc) is 2.87. The van der Waals surface area contributed by atoms with Crippen LogP contribution in [0, 0.1) is 0 Å². The second-order valence-electron chi connectivity index (χ2n) is 5.30. The van der Waals surface area contributed by atoms with Crippen molar-refractivity contribution in [2.24, 2.45) is 7.05 Å². The highest BCUT2D eigenvalue weighted by Crippen LogP contribution is 2.10. The molecule has 0 spiro atoms. The Morgan fingerprint density at radius 2 is 2.29 bits per heavy atom. The molecule has 21 heavy (non-hydrogen) atoms. The summed E-state index contributed by atoms with van der Waals surface area (Å²) in [7, 11) is 1.75. The van der Waals surface area contributed by atoms with Gasteiger partial charge in [-0.3, -0.25) is 19.8 Å². The molecule has 1 saturated heterocycles. The first kappa shape index (κ1) is 15.7. The molecular weight excluding hydrogens is 274 g/mol. The lowest BCUT2D eigenvalue weighted by Gasteiger charge is -2.36. The number of aromatic nitrogens is 1. The third-order valence-electron chi connectivity index (χ3n) is 3.61. The molecule has 1 fully saturated rings. The van der Waals surface area contributed by atoms with Crippen molar-refractivity contribution in [3.05, 3.63) is 24.0 Å². The van der Waals surface area contributed by atoms with Crippen molar-refractivity contribution >= 4 is 11.8 Å². The van der Waals surface area contributed by atoms with Crippen molar-refractivity contribution in [3.8, 4) is 0 Å². The van der Waals surface area contributed by atoms with Crippen molar-refractivity contribution in [2.75, 3.05) is 26.3 Å². The van der Waals surface area contributed by atoms with E-state index >= 15 is 0 Å². The van der Waals surface area contributed by atoms with Gasteiger partial charge in [0.05, 0.1) is 25.9 Å². The second-order valence-corrected chi connectivity index (χ2v) is 5.30. The molecule has 2 atom stereocenters. The maximum absolute atomic E-state index is 12.0. The van der Waals surface area contributed by atoms with Gasteiger partial charge in [-0.2, -0.15) is 0 Å². The average molecular weight is 295 g/mol. The first-order valence-corrected chi connectivity index (χ1v) is 6.93. The van der Waals surface area contributed by atoms with E-state index in [2.05, 4.69) is 5.32 Å². The smallest absolute Gasteiger partial charge is 0.274 e. The van der Waals surface area contributed by atoms with Crippen LogP contribution in [0.2, 0.25) is 0 Å². The summed E-state index contributed by atoms with van der Waals surface area (Å²) in [6, 6.07) is 3.47. The van der Waals surface area contributed by atoms with Gasteiger partial charge in [-0.15, -0.1) is 0 Å². The quantitative estimate of drug-likeness (QED) is 0.772. The number of nitrogens with zero attached hydrogens (tertiary/aromatic N) is 2. The summed E-state index contributed by atoms with van der Waals surface area (Å²) in [5.41, 5.74) is 0.437. The summed E-state index contributed by atoms with van der Waals surface area (Å²) in [6.45, 7) is 2.91. The molecule has 0 saturated carbocycles. The van der Waals surface area contributed by atoms with Crippen molar-refractivity contribution in [3.63, 3.8) is 0 Å². The number of carbonyl (C=O) groups is 2. The van der Waals surface area contributed by atoms with Gasteiger partial charge in [-0.25, -0.2) is 0 Å². The molecule has 2 rings (SSSR count). The van der Waals surface area contributed by atoms with Crippen LogP contribution in [0.5, 0.6) is 0 Å². The molecule has 7 heteroatoms. The van der Waals surface area contributed by atoms with Crippen LogP contribution in [0.4, 0.5) is 0 Å². The lowest BCUT2D eigenvalue weighted by Crippen LogP contribution is -2.53. The summed E-state index contributed by atoms with van der Waals surface area (Å²) < 4.78 is 7.07. The second kappa shape index (κ2) is 6.84. The Kier molecular flexibility index (Phi) is 5.11. The Balaban J connectivity index is 1.89. The standard InChI is InChI=1S/C14H21N3O4/c1-10-9-21-11(8-18)6-17(10)7-13(19)15-14(20)12-4-3-5-16(12)2/h3-5,10-11,18H,6-9H2,1-2H3,(H,15,19,20). The number of nitrogens with one attached hydrogen (secondary N) is 1. The molecule has 2 heterocycles. The molecule has 0 aliphatic carbocycles. The first-order valence-electron chi connectivity index (χ1n) is 6.93. The third kappa shape index (κ3) is 3.90. The van der Waals surface area contributed by atoms with Gasteiger partial charge >= 0.3 is 0 Å². The van der Waals surface area contributed by atoms with Crippen molar-refractivity contribution in [2.45, 2.75) is 19.1 Å².